The van der Waals surface area contributed by atoms with Gasteiger partial charge in [-0.2, -0.15) is 0 Å². The van der Waals surface area contributed by atoms with Crippen LogP contribution in [0.3, 0.4) is 0 Å². The maximum Gasteiger partial charge on any atom is 0.271 e. The van der Waals surface area contributed by atoms with Gasteiger partial charge in [-0.05, 0) is 43.7 Å². The van der Waals surface area contributed by atoms with Crippen LogP contribution in [-0.4, -0.2) is 39.9 Å². The van der Waals surface area contributed by atoms with Crippen molar-refractivity contribution in [3.05, 3.63) is 93.1 Å². The number of hydrogen-bond acceptors (Lipinski definition) is 6. The number of carbonyl (C=O) groups is 2. The van der Waals surface area contributed by atoms with Gasteiger partial charge in [-0.15, -0.1) is 11.3 Å². The first-order chi connectivity index (χ1) is 18.1. The molecule has 2 aromatic heterocycles. The van der Waals surface area contributed by atoms with Crippen molar-refractivity contribution in [2.45, 2.75) is 44.6 Å². The van der Waals surface area contributed by atoms with E-state index in [1.165, 1.54) is 22.5 Å². The molecule has 2 aliphatic rings. The van der Waals surface area contributed by atoms with Gasteiger partial charge in [0, 0.05) is 30.0 Å². The van der Waals surface area contributed by atoms with Crippen molar-refractivity contribution in [2.24, 2.45) is 0 Å². The van der Waals surface area contributed by atoms with Crippen LogP contribution in [0.2, 0.25) is 0 Å². The topological polar surface area (TPSA) is 88.3 Å². The van der Waals surface area contributed by atoms with Gasteiger partial charge >= 0.3 is 0 Å². The van der Waals surface area contributed by atoms with Crippen molar-refractivity contribution in [3.63, 3.8) is 0 Å². The summed E-state index contributed by atoms with van der Waals surface area (Å²) in [4.78, 5) is 32.9. The van der Waals surface area contributed by atoms with Crippen molar-refractivity contribution in [1.82, 2.24) is 20.4 Å². The monoisotopic (exact) mass is 512 g/mol. The number of amides is 2. The summed E-state index contributed by atoms with van der Waals surface area (Å²) in [6, 6.07) is 18.0. The number of nitrogens with one attached hydrogen (secondary N) is 1. The second-order valence-electron chi connectivity index (χ2n) is 9.73. The maximum absolute atomic E-state index is 13.4. The van der Waals surface area contributed by atoms with Crippen LogP contribution < -0.4 is 5.32 Å². The molecular formula is C29H28N4O3S. The van der Waals surface area contributed by atoms with Crippen molar-refractivity contribution in [3.8, 4) is 11.3 Å². The molecule has 0 saturated carbocycles. The van der Waals surface area contributed by atoms with Crippen molar-refractivity contribution in [1.29, 1.82) is 0 Å². The third-order valence-corrected chi connectivity index (χ3v) is 8.46. The number of hydrogen-bond donors (Lipinski definition) is 1. The third-order valence-electron chi connectivity index (χ3n) is 7.45. The van der Waals surface area contributed by atoms with Crippen LogP contribution in [0.5, 0.6) is 0 Å². The lowest BCUT2D eigenvalue weighted by Gasteiger charge is -2.31. The highest BCUT2D eigenvalue weighted by molar-refractivity contribution is 7.09. The lowest BCUT2D eigenvalue weighted by atomic mass is 9.96. The molecule has 1 saturated heterocycles. The number of aryl methyl sites for hydroxylation is 2. The highest BCUT2D eigenvalue weighted by atomic mass is 32.1. The highest BCUT2D eigenvalue weighted by Crippen LogP contribution is 2.34. The number of likely N-dealkylation sites (tertiary alicyclic amines) is 1. The molecule has 7 nitrogen and oxygen atoms in total. The van der Waals surface area contributed by atoms with E-state index in [2.05, 4.69) is 22.6 Å². The molecule has 1 aliphatic heterocycles. The summed E-state index contributed by atoms with van der Waals surface area (Å²) in [6.07, 6.45) is 3.52. The standard InChI is InChI=1S/C29H28N4O3S/c1-18-25(26(32-36-18)20-8-3-2-4-9-20)29(35)33-15-13-21(14-16-33)28-31-24(17-37-28)27(34)30-23-12-11-19-7-5-6-10-22(19)23/h2-10,17,21,23H,11-16H2,1H3,(H,30,34). The summed E-state index contributed by atoms with van der Waals surface area (Å²) in [5.74, 6) is 0.603. The smallest absolute Gasteiger partial charge is 0.271 e. The molecule has 2 aromatic carbocycles. The van der Waals surface area contributed by atoms with E-state index >= 15 is 0 Å². The fourth-order valence-electron chi connectivity index (χ4n) is 5.42. The van der Waals surface area contributed by atoms with E-state index in [9.17, 15) is 9.59 Å². The molecule has 1 atom stereocenters. The molecule has 0 radical (unpaired) electrons. The third kappa shape index (κ3) is 4.57. The number of rotatable bonds is 5. The molecule has 8 heteroatoms. The number of piperidine rings is 1. The summed E-state index contributed by atoms with van der Waals surface area (Å²) >= 11 is 1.54. The predicted molar refractivity (Wildman–Crippen MR) is 142 cm³/mol. The van der Waals surface area contributed by atoms with E-state index < -0.39 is 0 Å². The van der Waals surface area contributed by atoms with E-state index in [1.807, 2.05) is 52.7 Å². The van der Waals surface area contributed by atoms with Crippen LogP contribution in [0.4, 0.5) is 0 Å². The Bertz CT molecular complexity index is 1440. The minimum Gasteiger partial charge on any atom is -0.360 e. The molecule has 6 rings (SSSR count). The Balaban J connectivity index is 1.09. The van der Waals surface area contributed by atoms with E-state index in [4.69, 9.17) is 9.51 Å². The Hall–Kier alpha value is -3.78. The largest absolute Gasteiger partial charge is 0.360 e. The summed E-state index contributed by atoms with van der Waals surface area (Å²) in [5.41, 5.74) is 4.99. The normalized spacial score (nSPS) is 17.5. The minimum absolute atomic E-state index is 0.0461. The van der Waals surface area contributed by atoms with Crippen molar-refractivity contribution >= 4 is 23.2 Å². The quantitative estimate of drug-likeness (QED) is 0.379. The molecule has 3 heterocycles. The number of aromatic nitrogens is 2. The molecule has 1 N–H and O–H groups in total. The van der Waals surface area contributed by atoms with Gasteiger partial charge < -0.3 is 14.7 Å². The second kappa shape index (κ2) is 9.94. The van der Waals surface area contributed by atoms with Gasteiger partial charge in [0.2, 0.25) is 0 Å². The molecular weight excluding hydrogens is 484 g/mol. The van der Waals surface area contributed by atoms with Gasteiger partial charge in [0.15, 0.2) is 0 Å². The molecule has 37 heavy (non-hydrogen) atoms. The maximum atomic E-state index is 13.4. The first-order valence-electron chi connectivity index (χ1n) is 12.7. The van der Waals surface area contributed by atoms with E-state index in [-0.39, 0.29) is 23.8 Å². The van der Waals surface area contributed by atoms with Gasteiger partial charge in [0.25, 0.3) is 11.8 Å². The number of carbonyl (C=O) groups excluding carboxylic acids is 2. The van der Waals surface area contributed by atoms with Gasteiger partial charge in [-0.25, -0.2) is 4.98 Å². The Morgan fingerprint density at radius 2 is 1.78 bits per heavy atom. The van der Waals surface area contributed by atoms with Crippen molar-refractivity contribution < 1.29 is 14.1 Å². The zero-order valence-corrected chi connectivity index (χ0v) is 21.5. The van der Waals surface area contributed by atoms with Crippen molar-refractivity contribution in [2.75, 3.05) is 13.1 Å². The lowest BCUT2D eigenvalue weighted by Crippen LogP contribution is -2.38. The van der Waals surface area contributed by atoms with Gasteiger partial charge in [-0.3, -0.25) is 9.59 Å². The number of thiazole rings is 1. The Morgan fingerprint density at radius 1 is 1.03 bits per heavy atom. The van der Waals surface area contributed by atoms with Gasteiger partial charge in [-0.1, -0.05) is 59.8 Å². The van der Waals surface area contributed by atoms with E-state index in [0.717, 1.165) is 36.3 Å². The Labute approximate surface area is 219 Å². The minimum atomic E-state index is -0.117. The molecule has 1 unspecified atom stereocenters. The van der Waals surface area contributed by atoms with Gasteiger partial charge in [0.05, 0.1) is 11.0 Å². The lowest BCUT2D eigenvalue weighted by molar-refractivity contribution is 0.0711. The molecule has 0 bridgehead atoms. The number of nitrogens with zero attached hydrogens (tertiary/aromatic N) is 3. The SMILES string of the molecule is Cc1onc(-c2ccccc2)c1C(=O)N1CCC(c2nc(C(=O)NC3CCc4ccccc43)cs2)CC1. The average molecular weight is 513 g/mol. The second-order valence-corrected chi connectivity index (χ2v) is 10.6. The molecule has 4 aromatic rings. The van der Waals surface area contributed by atoms with Crippen LogP contribution in [-0.2, 0) is 6.42 Å². The Morgan fingerprint density at radius 3 is 2.59 bits per heavy atom. The highest BCUT2D eigenvalue weighted by Gasteiger charge is 2.31. The summed E-state index contributed by atoms with van der Waals surface area (Å²) < 4.78 is 5.40. The fraction of sp³-hybridized carbons (Fsp3) is 0.310. The van der Waals surface area contributed by atoms with Crippen LogP contribution in [0.15, 0.2) is 64.5 Å². The Kier molecular flexibility index (Phi) is 6.34. The molecule has 0 spiro atoms. The molecule has 2 amide bonds. The zero-order valence-electron chi connectivity index (χ0n) is 20.6. The first-order valence-corrected chi connectivity index (χ1v) is 13.6. The average Bonchev–Trinajstić information content (AvgIpc) is 3.68. The summed E-state index contributed by atoms with van der Waals surface area (Å²) in [5, 5.41) is 10.2. The molecule has 188 valence electrons. The van der Waals surface area contributed by atoms with Crippen LogP contribution in [0.25, 0.3) is 11.3 Å². The molecule has 1 fully saturated rings. The van der Waals surface area contributed by atoms with E-state index in [0.29, 0.717) is 35.8 Å². The van der Waals surface area contributed by atoms with Gasteiger partial charge in [0.1, 0.15) is 22.7 Å². The van der Waals surface area contributed by atoms with Crippen LogP contribution >= 0.6 is 11.3 Å². The predicted octanol–water partition coefficient (Wildman–Crippen LogP) is 5.54. The first kappa shape index (κ1) is 23.6. The summed E-state index contributed by atoms with van der Waals surface area (Å²) in [6.45, 7) is 3.04. The number of benzene rings is 2. The van der Waals surface area contributed by atoms with Crippen LogP contribution in [0, 0.1) is 6.92 Å². The van der Waals surface area contributed by atoms with Crippen LogP contribution in [0.1, 0.15) is 74.0 Å². The van der Waals surface area contributed by atoms with E-state index in [1.54, 1.807) is 6.92 Å². The fourth-order valence-corrected chi connectivity index (χ4v) is 6.39. The number of fused-ring (bicyclic) bond motifs is 1. The molecule has 1 aliphatic carbocycles. The zero-order chi connectivity index (χ0) is 25.4. The summed E-state index contributed by atoms with van der Waals surface area (Å²) in [7, 11) is 0.